The zero-order chi connectivity index (χ0) is 20.8. The van der Waals surface area contributed by atoms with Gasteiger partial charge in [-0.25, -0.2) is 4.98 Å². The fourth-order valence-electron chi connectivity index (χ4n) is 2.93. The van der Waals surface area contributed by atoms with Gasteiger partial charge in [0.05, 0.1) is 16.6 Å². The molecule has 5 nitrogen and oxygen atoms in total. The minimum Gasteiger partial charge on any atom is -0.447 e. The number of oxazole rings is 1. The summed E-state index contributed by atoms with van der Waals surface area (Å²) in [4.78, 5) is 20.4. The SMILES string of the molecule is CCN(C)C(=O)c1coc(CN(Cc2ccccc2)Cc2cccc(Cl)c2Cl)n1. The fourth-order valence-corrected chi connectivity index (χ4v) is 3.31. The van der Waals surface area contributed by atoms with E-state index in [4.69, 9.17) is 27.6 Å². The Labute approximate surface area is 180 Å². The van der Waals surface area contributed by atoms with E-state index < -0.39 is 0 Å². The summed E-state index contributed by atoms with van der Waals surface area (Å²) in [6.07, 6.45) is 1.41. The van der Waals surface area contributed by atoms with E-state index in [1.165, 1.54) is 6.26 Å². The van der Waals surface area contributed by atoms with Gasteiger partial charge in [-0.1, -0.05) is 65.7 Å². The fraction of sp³-hybridized carbons (Fsp3) is 0.273. The lowest BCUT2D eigenvalue weighted by molar-refractivity contribution is 0.0796. The minimum atomic E-state index is -0.157. The quantitative estimate of drug-likeness (QED) is 0.486. The van der Waals surface area contributed by atoms with Gasteiger partial charge in [0.1, 0.15) is 6.26 Å². The number of rotatable bonds is 8. The molecule has 3 rings (SSSR count). The van der Waals surface area contributed by atoms with E-state index in [0.717, 1.165) is 11.1 Å². The molecular formula is C22H23Cl2N3O2. The monoisotopic (exact) mass is 431 g/mol. The Morgan fingerprint density at radius 1 is 1.03 bits per heavy atom. The second-order valence-electron chi connectivity index (χ2n) is 6.79. The average Bonchev–Trinajstić information content (AvgIpc) is 3.19. The second-order valence-corrected chi connectivity index (χ2v) is 7.57. The van der Waals surface area contributed by atoms with Crippen LogP contribution in [0.2, 0.25) is 10.0 Å². The highest BCUT2D eigenvalue weighted by Gasteiger charge is 2.18. The molecule has 0 aliphatic heterocycles. The van der Waals surface area contributed by atoms with Gasteiger partial charge in [0, 0.05) is 26.7 Å². The van der Waals surface area contributed by atoms with Gasteiger partial charge in [-0.3, -0.25) is 9.69 Å². The van der Waals surface area contributed by atoms with Crippen LogP contribution in [-0.2, 0) is 19.6 Å². The number of amides is 1. The van der Waals surface area contributed by atoms with Crippen LogP contribution in [0.3, 0.4) is 0 Å². The van der Waals surface area contributed by atoms with Crippen molar-refractivity contribution in [3.63, 3.8) is 0 Å². The third kappa shape index (κ3) is 5.60. The Balaban J connectivity index is 1.81. The highest BCUT2D eigenvalue weighted by Crippen LogP contribution is 2.27. The Hall–Kier alpha value is -2.34. The predicted octanol–water partition coefficient (Wildman–Crippen LogP) is 5.28. The van der Waals surface area contributed by atoms with Gasteiger partial charge in [-0.15, -0.1) is 0 Å². The topological polar surface area (TPSA) is 49.6 Å². The minimum absolute atomic E-state index is 0.157. The smallest absolute Gasteiger partial charge is 0.275 e. The third-order valence-corrected chi connectivity index (χ3v) is 5.48. The van der Waals surface area contributed by atoms with E-state index in [9.17, 15) is 4.79 Å². The van der Waals surface area contributed by atoms with E-state index in [1.54, 1.807) is 18.0 Å². The van der Waals surface area contributed by atoms with E-state index in [2.05, 4.69) is 22.0 Å². The molecule has 0 bridgehead atoms. The molecule has 152 valence electrons. The first-order chi connectivity index (χ1) is 14.0. The van der Waals surface area contributed by atoms with E-state index >= 15 is 0 Å². The Bertz CT molecular complexity index is 960. The van der Waals surface area contributed by atoms with Crippen LogP contribution < -0.4 is 0 Å². The molecule has 0 N–H and O–H groups in total. The van der Waals surface area contributed by atoms with Crippen LogP contribution in [-0.4, -0.2) is 34.3 Å². The summed E-state index contributed by atoms with van der Waals surface area (Å²) in [5.41, 5.74) is 2.38. The van der Waals surface area contributed by atoms with Crippen molar-refractivity contribution in [2.45, 2.75) is 26.6 Å². The molecule has 0 unspecified atom stereocenters. The van der Waals surface area contributed by atoms with Crippen molar-refractivity contribution in [1.82, 2.24) is 14.8 Å². The zero-order valence-electron chi connectivity index (χ0n) is 16.4. The first-order valence-corrected chi connectivity index (χ1v) is 10.1. The van der Waals surface area contributed by atoms with Gasteiger partial charge in [0.25, 0.3) is 5.91 Å². The Kier molecular flexibility index (Phi) is 7.31. The lowest BCUT2D eigenvalue weighted by Crippen LogP contribution is -2.26. The number of carbonyl (C=O) groups is 1. The number of hydrogen-bond acceptors (Lipinski definition) is 4. The summed E-state index contributed by atoms with van der Waals surface area (Å²) in [6.45, 7) is 4.18. The van der Waals surface area contributed by atoms with Crippen LogP contribution in [0.25, 0.3) is 0 Å². The maximum atomic E-state index is 12.3. The average molecular weight is 432 g/mol. The number of benzene rings is 2. The lowest BCUT2D eigenvalue weighted by Gasteiger charge is -2.22. The molecule has 0 aliphatic rings. The molecule has 0 saturated heterocycles. The van der Waals surface area contributed by atoms with Gasteiger partial charge >= 0.3 is 0 Å². The van der Waals surface area contributed by atoms with Gasteiger partial charge < -0.3 is 9.32 Å². The van der Waals surface area contributed by atoms with Crippen LogP contribution in [0, 0.1) is 0 Å². The highest BCUT2D eigenvalue weighted by atomic mass is 35.5. The van der Waals surface area contributed by atoms with Crippen molar-refractivity contribution in [3.8, 4) is 0 Å². The van der Waals surface area contributed by atoms with E-state index in [0.29, 0.717) is 47.8 Å². The summed E-state index contributed by atoms with van der Waals surface area (Å²) in [6, 6.07) is 15.7. The third-order valence-electron chi connectivity index (χ3n) is 4.63. The molecule has 7 heteroatoms. The summed E-state index contributed by atoms with van der Waals surface area (Å²) in [5, 5.41) is 1.07. The van der Waals surface area contributed by atoms with Crippen LogP contribution in [0.5, 0.6) is 0 Å². The van der Waals surface area contributed by atoms with Crippen molar-refractivity contribution in [2.75, 3.05) is 13.6 Å². The molecule has 0 radical (unpaired) electrons. The zero-order valence-corrected chi connectivity index (χ0v) is 18.0. The van der Waals surface area contributed by atoms with E-state index in [1.807, 2.05) is 37.3 Å². The van der Waals surface area contributed by atoms with Crippen molar-refractivity contribution in [1.29, 1.82) is 0 Å². The first kappa shape index (κ1) is 21.4. The molecule has 29 heavy (non-hydrogen) atoms. The van der Waals surface area contributed by atoms with Crippen molar-refractivity contribution in [3.05, 3.63) is 87.6 Å². The molecule has 1 amide bonds. The maximum Gasteiger partial charge on any atom is 0.275 e. The number of hydrogen-bond donors (Lipinski definition) is 0. The van der Waals surface area contributed by atoms with E-state index in [-0.39, 0.29) is 5.91 Å². The number of halogens is 2. The first-order valence-electron chi connectivity index (χ1n) is 9.37. The molecule has 0 spiro atoms. The number of carbonyl (C=O) groups excluding carboxylic acids is 1. The summed E-state index contributed by atoms with van der Waals surface area (Å²) >= 11 is 12.6. The number of aromatic nitrogens is 1. The summed E-state index contributed by atoms with van der Waals surface area (Å²) in [5.74, 6) is 0.321. The summed E-state index contributed by atoms with van der Waals surface area (Å²) in [7, 11) is 1.74. The standard InChI is InChI=1S/C22H23Cl2N3O2/c1-3-26(2)22(28)19-15-29-20(25-19)14-27(12-16-8-5-4-6-9-16)13-17-10-7-11-18(23)21(17)24/h4-11,15H,3,12-14H2,1-2H3. The lowest BCUT2D eigenvalue weighted by atomic mass is 10.1. The molecule has 1 heterocycles. The van der Waals surface area contributed by atoms with Gasteiger partial charge in [-0.2, -0.15) is 0 Å². The molecule has 0 fully saturated rings. The molecule has 1 aromatic heterocycles. The summed E-state index contributed by atoms with van der Waals surface area (Å²) < 4.78 is 5.58. The van der Waals surface area contributed by atoms with Crippen LogP contribution in [0.1, 0.15) is 34.4 Å². The van der Waals surface area contributed by atoms with Crippen LogP contribution >= 0.6 is 23.2 Å². The Morgan fingerprint density at radius 2 is 1.79 bits per heavy atom. The number of nitrogens with zero attached hydrogens (tertiary/aromatic N) is 3. The molecule has 0 saturated carbocycles. The van der Waals surface area contributed by atoms with Crippen LogP contribution in [0.15, 0.2) is 59.2 Å². The Morgan fingerprint density at radius 3 is 2.52 bits per heavy atom. The van der Waals surface area contributed by atoms with Crippen LogP contribution in [0.4, 0.5) is 0 Å². The molecular weight excluding hydrogens is 409 g/mol. The van der Waals surface area contributed by atoms with Gasteiger partial charge in [-0.05, 0) is 24.1 Å². The van der Waals surface area contributed by atoms with Crippen molar-refractivity contribution >= 4 is 29.1 Å². The van der Waals surface area contributed by atoms with Crippen molar-refractivity contribution in [2.24, 2.45) is 0 Å². The maximum absolute atomic E-state index is 12.3. The molecule has 0 atom stereocenters. The molecule has 0 aliphatic carbocycles. The second kappa shape index (κ2) is 9.92. The van der Waals surface area contributed by atoms with Gasteiger partial charge in [0.2, 0.25) is 5.89 Å². The highest BCUT2D eigenvalue weighted by molar-refractivity contribution is 6.42. The van der Waals surface area contributed by atoms with Crippen molar-refractivity contribution < 1.29 is 9.21 Å². The molecule has 3 aromatic rings. The predicted molar refractivity (Wildman–Crippen MR) is 115 cm³/mol. The molecule has 2 aromatic carbocycles. The van der Waals surface area contributed by atoms with Gasteiger partial charge in [0.15, 0.2) is 5.69 Å². The normalized spacial score (nSPS) is 11.1. The largest absolute Gasteiger partial charge is 0.447 e.